The lowest BCUT2D eigenvalue weighted by Gasteiger charge is -2.41. The molecule has 3 aliphatic rings. The van der Waals surface area contributed by atoms with Crippen LogP contribution < -0.4 is 0 Å². The zero-order valence-corrected chi connectivity index (χ0v) is 16.5. The van der Waals surface area contributed by atoms with Crippen LogP contribution in [0.4, 0.5) is 4.39 Å². The fourth-order valence-electron chi connectivity index (χ4n) is 3.77. The third kappa shape index (κ3) is 2.82. The maximum atomic E-state index is 13.8. The van der Waals surface area contributed by atoms with Gasteiger partial charge in [-0.2, -0.15) is 4.31 Å². The molecule has 1 saturated heterocycles. The van der Waals surface area contributed by atoms with E-state index in [0.29, 0.717) is 22.5 Å². The third-order valence-corrected chi connectivity index (χ3v) is 7.66. The van der Waals surface area contributed by atoms with Crippen molar-refractivity contribution in [2.24, 2.45) is 5.92 Å². The van der Waals surface area contributed by atoms with Gasteiger partial charge in [0.25, 0.3) is 5.91 Å². The minimum atomic E-state index is -3.89. The first-order chi connectivity index (χ1) is 11.6. The summed E-state index contributed by atoms with van der Waals surface area (Å²) in [7, 11) is -3.89. The summed E-state index contributed by atoms with van der Waals surface area (Å²) in [4.78, 5) is 14.7. The number of hydrogen-bond acceptors (Lipinski definition) is 3. The smallest absolute Gasteiger partial charge is 0.256 e. The Bertz CT molecular complexity index is 859. The van der Waals surface area contributed by atoms with Crippen molar-refractivity contribution in [3.63, 3.8) is 0 Å². The molecule has 1 aromatic rings. The van der Waals surface area contributed by atoms with Crippen molar-refractivity contribution < 1.29 is 17.6 Å². The average molecular weight is 431 g/mol. The van der Waals surface area contributed by atoms with Crippen LogP contribution in [0.5, 0.6) is 0 Å². The molecule has 0 radical (unpaired) electrons. The lowest BCUT2D eigenvalue weighted by Crippen LogP contribution is -2.59. The van der Waals surface area contributed by atoms with Gasteiger partial charge in [-0.1, -0.05) is 15.9 Å². The van der Waals surface area contributed by atoms with E-state index in [1.807, 2.05) is 6.92 Å². The van der Waals surface area contributed by atoms with E-state index in [-0.39, 0.29) is 35.5 Å². The molecule has 1 amide bonds. The third-order valence-electron chi connectivity index (χ3n) is 5.39. The second-order valence-electron chi connectivity index (χ2n) is 7.64. The zero-order valence-electron chi connectivity index (χ0n) is 14.1. The van der Waals surface area contributed by atoms with Crippen molar-refractivity contribution in [3.8, 4) is 0 Å². The van der Waals surface area contributed by atoms with Gasteiger partial charge in [0.2, 0.25) is 10.0 Å². The largest absolute Gasteiger partial charge is 0.331 e. The Kier molecular flexibility index (Phi) is 3.84. The topological polar surface area (TPSA) is 57.7 Å². The number of alkyl halides is 1. The highest BCUT2D eigenvalue weighted by molar-refractivity contribution is 9.10. The molecular weight excluding hydrogens is 411 g/mol. The summed E-state index contributed by atoms with van der Waals surface area (Å²) in [5.74, 6) is 0.272. The highest BCUT2D eigenvalue weighted by Gasteiger charge is 2.48. The molecule has 4 rings (SSSR count). The molecule has 1 saturated carbocycles. The van der Waals surface area contributed by atoms with Gasteiger partial charge in [-0.05, 0) is 50.3 Å². The Morgan fingerprint density at radius 3 is 2.52 bits per heavy atom. The summed E-state index contributed by atoms with van der Waals surface area (Å²) in [5, 5.41) is 0. The van der Waals surface area contributed by atoms with E-state index in [2.05, 4.69) is 15.9 Å². The first kappa shape index (κ1) is 17.4. The molecule has 1 aliphatic carbocycles. The van der Waals surface area contributed by atoms with E-state index < -0.39 is 15.7 Å². The number of hydrogen-bond donors (Lipinski definition) is 0. The molecule has 2 fully saturated rings. The van der Waals surface area contributed by atoms with Crippen molar-refractivity contribution in [3.05, 3.63) is 27.7 Å². The molecule has 0 spiro atoms. The van der Waals surface area contributed by atoms with E-state index in [1.165, 1.54) is 13.0 Å². The SMILES string of the molecule is CC(C1CC1)N1Cc2cc(Br)cc(S(=O)(=O)N3CC(C)(F)C3)c2C1=O. The van der Waals surface area contributed by atoms with E-state index in [9.17, 15) is 17.6 Å². The first-order valence-corrected chi connectivity index (χ1v) is 10.7. The average Bonchev–Trinajstić information content (AvgIpc) is 3.28. The van der Waals surface area contributed by atoms with E-state index in [1.54, 1.807) is 11.0 Å². The van der Waals surface area contributed by atoms with Crippen LogP contribution in [0.2, 0.25) is 0 Å². The van der Waals surface area contributed by atoms with Crippen LogP contribution in [0.3, 0.4) is 0 Å². The predicted octanol–water partition coefficient (Wildman–Crippen LogP) is 2.94. The molecule has 2 aliphatic heterocycles. The highest BCUT2D eigenvalue weighted by Crippen LogP contribution is 2.41. The van der Waals surface area contributed by atoms with Crippen molar-refractivity contribution in [2.75, 3.05) is 13.1 Å². The van der Waals surface area contributed by atoms with Crippen LogP contribution in [0.25, 0.3) is 0 Å². The van der Waals surface area contributed by atoms with Crippen LogP contribution >= 0.6 is 15.9 Å². The summed E-state index contributed by atoms with van der Waals surface area (Å²) < 4.78 is 41.4. The molecule has 1 unspecified atom stereocenters. The lowest BCUT2D eigenvalue weighted by atomic mass is 10.0. The molecule has 136 valence electrons. The van der Waals surface area contributed by atoms with Gasteiger partial charge >= 0.3 is 0 Å². The Labute approximate surface area is 155 Å². The maximum absolute atomic E-state index is 13.8. The summed E-state index contributed by atoms with van der Waals surface area (Å²) in [6.07, 6.45) is 2.22. The number of fused-ring (bicyclic) bond motifs is 1. The fraction of sp³-hybridized carbons (Fsp3) is 0.588. The fourth-order valence-corrected chi connectivity index (χ4v) is 6.33. The van der Waals surface area contributed by atoms with Crippen LogP contribution in [0.15, 0.2) is 21.5 Å². The van der Waals surface area contributed by atoms with Crippen LogP contribution in [-0.4, -0.2) is 48.3 Å². The summed E-state index contributed by atoms with van der Waals surface area (Å²) in [6.45, 7) is 3.48. The predicted molar refractivity (Wildman–Crippen MR) is 94.5 cm³/mol. The highest BCUT2D eigenvalue weighted by atomic mass is 79.9. The van der Waals surface area contributed by atoms with E-state index >= 15 is 0 Å². The molecule has 0 bridgehead atoms. The van der Waals surface area contributed by atoms with E-state index in [4.69, 9.17) is 0 Å². The van der Waals surface area contributed by atoms with Crippen molar-refractivity contribution in [1.82, 2.24) is 9.21 Å². The van der Waals surface area contributed by atoms with Crippen LogP contribution in [0.1, 0.15) is 42.6 Å². The van der Waals surface area contributed by atoms with Gasteiger partial charge in [-0.25, -0.2) is 12.8 Å². The zero-order chi connectivity index (χ0) is 18.1. The van der Waals surface area contributed by atoms with Gasteiger partial charge in [0.1, 0.15) is 5.67 Å². The molecule has 1 atom stereocenters. The standard InChI is InChI=1S/C17H20BrFN2O3S/c1-10(11-3-4-11)21-7-12-5-13(18)6-14(15(12)16(21)22)25(23,24)20-8-17(2,19)9-20/h5-6,10-11H,3-4,7-9H2,1-2H3. The quantitative estimate of drug-likeness (QED) is 0.737. The monoisotopic (exact) mass is 430 g/mol. The lowest BCUT2D eigenvalue weighted by molar-refractivity contribution is 0.0397. The van der Waals surface area contributed by atoms with Crippen molar-refractivity contribution in [2.45, 2.75) is 49.8 Å². The number of benzene rings is 1. The molecule has 5 nitrogen and oxygen atoms in total. The van der Waals surface area contributed by atoms with Gasteiger partial charge in [-0.15, -0.1) is 0 Å². The molecular formula is C17H20BrFN2O3S. The maximum Gasteiger partial charge on any atom is 0.256 e. The van der Waals surface area contributed by atoms with Gasteiger partial charge in [0.15, 0.2) is 0 Å². The molecule has 0 N–H and O–H groups in total. The molecule has 2 heterocycles. The number of carbonyl (C=O) groups excluding carboxylic acids is 1. The summed E-state index contributed by atoms with van der Waals surface area (Å²) >= 11 is 3.35. The normalized spacial score (nSPS) is 24.2. The number of nitrogens with zero attached hydrogens (tertiary/aromatic N) is 2. The van der Waals surface area contributed by atoms with Gasteiger partial charge in [0.05, 0.1) is 10.5 Å². The molecule has 1 aromatic carbocycles. The second kappa shape index (κ2) is 5.50. The van der Waals surface area contributed by atoms with Crippen molar-refractivity contribution in [1.29, 1.82) is 0 Å². The Balaban J connectivity index is 1.73. The van der Waals surface area contributed by atoms with Crippen LogP contribution in [0, 0.1) is 5.92 Å². The minimum Gasteiger partial charge on any atom is -0.331 e. The van der Waals surface area contributed by atoms with Gasteiger partial charge in [0, 0.05) is 30.1 Å². The number of halogens is 2. The second-order valence-corrected chi connectivity index (χ2v) is 10.5. The first-order valence-electron chi connectivity index (χ1n) is 8.43. The Morgan fingerprint density at radius 2 is 1.96 bits per heavy atom. The molecule has 25 heavy (non-hydrogen) atoms. The number of carbonyl (C=O) groups is 1. The van der Waals surface area contributed by atoms with Gasteiger partial charge in [-0.3, -0.25) is 4.79 Å². The Hall–Kier alpha value is -0.990. The minimum absolute atomic E-state index is 0.0112. The van der Waals surface area contributed by atoms with Crippen molar-refractivity contribution >= 4 is 31.9 Å². The number of sulfonamides is 1. The van der Waals surface area contributed by atoms with Gasteiger partial charge < -0.3 is 4.90 Å². The van der Waals surface area contributed by atoms with E-state index in [0.717, 1.165) is 17.1 Å². The summed E-state index contributed by atoms with van der Waals surface area (Å²) in [6, 6.07) is 3.37. The molecule has 8 heteroatoms. The Morgan fingerprint density at radius 1 is 1.32 bits per heavy atom. The number of rotatable bonds is 4. The van der Waals surface area contributed by atoms with Crippen LogP contribution in [-0.2, 0) is 16.6 Å². The summed E-state index contributed by atoms with van der Waals surface area (Å²) in [5.41, 5.74) is -0.532. The molecule has 0 aromatic heterocycles. The number of amides is 1.